The quantitative estimate of drug-likeness (QED) is 0.554. The Kier molecular flexibility index (Phi) is 4.28. The molecule has 0 radical (unpaired) electrons. The van der Waals surface area contributed by atoms with E-state index >= 15 is 0 Å². The predicted molar refractivity (Wildman–Crippen MR) is 50.9 cm³/mol. The first-order chi connectivity index (χ1) is 6.57. The second kappa shape index (κ2) is 5.04. The first-order valence-corrected chi connectivity index (χ1v) is 4.83. The molecule has 1 aliphatic heterocycles. The van der Waals surface area contributed by atoms with Crippen LogP contribution in [0.2, 0.25) is 0 Å². The Labute approximate surface area is 84.0 Å². The summed E-state index contributed by atoms with van der Waals surface area (Å²) in [6.45, 7) is 4.61. The Balaban J connectivity index is 2.28. The van der Waals surface area contributed by atoms with Crippen molar-refractivity contribution in [2.45, 2.75) is 31.7 Å². The molecule has 1 aliphatic rings. The van der Waals surface area contributed by atoms with Crippen molar-refractivity contribution in [3.05, 3.63) is 0 Å². The molecule has 0 unspecified atom stereocenters. The molecule has 0 aliphatic carbocycles. The van der Waals surface area contributed by atoms with Gasteiger partial charge in [0.1, 0.15) is 0 Å². The predicted octanol–water partition coefficient (Wildman–Crippen LogP) is -0.919. The molecule has 5 nitrogen and oxygen atoms in total. The number of hydrogen-bond acceptors (Lipinski definition) is 5. The van der Waals surface area contributed by atoms with Gasteiger partial charge in [0.2, 0.25) is 0 Å². The van der Waals surface area contributed by atoms with Crippen molar-refractivity contribution in [3.63, 3.8) is 0 Å². The number of aliphatic hydroxyl groups is 2. The Morgan fingerprint density at radius 3 is 2.21 bits per heavy atom. The summed E-state index contributed by atoms with van der Waals surface area (Å²) in [6.07, 6.45) is 0. The molecule has 84 valence electrons. The lowest BCUT2D eigenvalue weighted by molar-refractivity contribution is -0.253. The maximum Gasteiger partial charge on any atom is 0.162 e. The monoisotopic (exact) mass is 205 g/mol. The van der Waals surface area contributed by atoms with Crippen LogP contribution >= 0.6 is 0 Å². The average molecular weight is 205 g/mol. The van der Waals surface area contributed by atoms with E-state index in [1.165, 1.54) is 0 Å². The molecule has 1 fully saturated rings. The molecule has 3 N–H and O–H groups in total. The van der Waals surface area contributed by atoms with Gasteiger partial charge in [0.15, 0.2) is 5.79 Å². The first-order valence-electron chi connectivity index (χ1n) is 4.83. The number of nitrogens with one attached hydrogen (secondary N) is 1. The molecule has 5 heteroatoms. The van der Waals surface area contributed by atoms with Crippen molar-refractivity contribution in [2.24, 2.45) is 0 Å². The van der Waals surface area contributed by atoms with E-state index in [1.54, 1.807) is 0 Å². The molecule has 14 heavy (non-hydrogen) atoms. The van der Waals surface area contributed by atoms with Crippen molar-refractivity contribution >= 4 is 0 Å². The smallest absolute Gasteiger partial charge is 0.162 e. The molecule has 0 aromatic rings. The van der Waals surface area contributed by atoms with Gasteiger partial charge in [-0.1, -0.05) is 0 Å². The van der Waals surface area contributed by atoms with Crippen LogP contribution in [0.15, 0.2) is 0 Å². The van der Waals surface area contributed by atoms with E-state index in [2.05, 4.69) is 5.32 Å². The zero-order valence-electron chi connectivity index (χ0n) is 8.69. The average Bonchev–Trinajstić information content (AvgIpc) is 2.16. The normalized spacial score (nSPS) is 22.9. The zero-order valence-corrected chi connectivity index (χ0v) is 8.69. The Morgan fingerprint density at radius 2 is 1.79 bits per heavy atom. The fraction of sp³-hybridized carbons (Fsp3) is 1.00. The van der Waals surface area contributed by atoms with E-state index < -0.39 is 5.79 Å². The summed E-state index contributed by atoms with van der Waals surface area (Å²) >= 11 is 0. The van der Waals surface area contributed by atoms with E-state index in [9.17, 15) is 0 Å². The Bertz CT molecular complexity index is 160. The summed E-state index contributed by atoms with van der Waals surface area (Å²) in [7, 11) is 0. The second-order valence-corrected chi connectivity index (χ2v) is 3.95. The van der Waals surface area contributed by atoms with Crippen LogP contribution in [0, 0.1) is 0 Å². The molecule has 0 atom stereocenters. The molecule has 0 amide bonds. The number of ether oxygens (including phenoxy) is 2. The van der Waals surface area contributed by atoms with Gasteiger partial charge in [0.25, 0.3) is 0 Å². The molecule has 1 rings (SSSR count). The van der Waals surface area contributed by atoms with Gasteiger partial charge in [-0.05, 0) is 13.8 Å². The van der Waals surface area contributed by atoms with Crippen molar-refractivity contribution in [2.75, 3.05) is 26.4 Å². The van der Waals surface area contributed by atoms with Crippen LogP contribution in [-0.4, -0.2) is 54.5 Å². The summed E-state index contributed by atoms with van der Waals surface area (Å²) in [4.78, 5) is 0. The highest BCUT2D eigenvalue weighted by atomic mass is 16.7. The molecule has 0 spiro atoms. The molecule has 0 saturated carbocycles. The summed E-state index contributed by atoms with van der Waals surface area (Å²) in [5, 5.41) is 20.8. The highest BCUT2D eigenvalue weighted by molar-refractivity contribution is 4.77. The third-order valence-electron chi connectivity index (χ3n) is 2.18. The van der Waals surface area contributed by atoms with Crippen LogP contribution in [0.25, 0.3) is 0 Å². The second-order valence-electron chi connectivity index (χ2n) is 3.95. The number of aliphatic hydroxyl groups excluding tert-OH is 2. The van der Waals surface area contributed by atoms with Gasteiger partial charge in [-0.25, -0.2) is 0 Å². The van der Waals surface area contributed by atoms with Crippen LogP contribution in [0.4, 0.5) is 0 Å². The van der Waals surface area contributed by atoms with Gasteiger partial charge >= 0.3 is 0 Å². The minimum Gasteiger partial charge on any atom is -0.395 e. The van der Waals surface area contributed by atoms with Gasteiger partial charge in [-0.2, -0.15) is 0 Å². The van der Waals surface area contributed by atoms with Gasteiger partial charge < -0.3 is 25.0 Å². The minimum absolute atomic E-state index is 0.0346. The van der Waals surface area contributed by atoms with Gasteiger partial charge in [-0.15, -0.1) is 0 Å². The maximum absolute atomic E-state index is 8.86. The highest BCUT2D eigenvalue weighted by Crippen LogP contribution is 2.16. The SMILES string of the molecule is CC1(C)OCC(NC(CO)CO)CO1. The lowest BCUT2D eigenvalue weighted by Gasteiger charge is -2.36. The largest absolute Gasteiger partial charge is 0.395 e. The van der Waals surface area contributed by atoms with Crippen LogP contribution in [0.5, 0.6) is 0 Å². The van der Waals surface area contributed by atoms with E-state index in [0.717, 1.165) is 0 Å². The Hall–Kier alpha value is -0.200. The first kappa shape index (κ1) is 11.9. The van der Waals surface area contributed by atoms with Crippen LogP contribution < -0.4 is 5.32 Å². The lowest BCUT2D eigenvalue weighted by Crippen LogP contribution is -2.53. The molecular formula is C9H19NO4. The van der Waals surface area contributed by atoms with E-state index in [4.69, 9.17) is 19.7 Å². The van der Waals surface area contributed by atoms with Crippen molar-refractivity contribution in [1.29, 1.82) is 0 Å². The van der Waals surface area contributed by atoms with Crippen molar-refractivity contribution < 1.29 is 19.7 Å². The van der Waals surface area contributed by atoms with Gasteiger partial charge in [0.05, 0.1) is 38.5 Å². The van der Waals surface area contributed by atoms with Crippen LogP contribution in [0.1, 0.15) is 13.8 Å². The van der Waals surface area contributed by atoms with E-state index in [0.29, 0.717) is 13.2 Å². The molecular weight excluding hydrogens is 186 g/mol. The summed E-state index contributed by atoms with van der Waals surface area (Å²) in [5.74, 6) is -0.522. The highest BCUT2D eigenvalue weighted by Gasteiger charge is 2.28. The summed E-state index contributed by atoms with van der Waals surface area (Å²) in [6, 6.07) is -0.263. The standard InChI is InChI=1S/C9H19NO4/c1-9(2)13-5-8(6-14-9)10-7(3-11)4-12/h7-8,10-12H,3-6H2,1-2H3. The van der Waals surface area contributed by atoms with Gasteiger partial charge in [-0.3, -0.25) is 0 Å². The number of rotatable bonds is 4. The third kappa shape index (κ3) is 3.51. The molecule has 1 heterocycles. The van der Waals surface area contributed by atoms with Crippen molar-refractivity contribution in [1.82, 2.24) is 5.32 Å². The lowest BCUT2D eigenvalue weighted by atomic mass is 10.2. The van der Waals surface area contributed by atoms with Gasteiger partial charge in [0, 0.05) is 0 Å². The minimum atomic E-state index is -0.522. The summed E-state index contributed by atoms with van der Waals surface area (Å²) in [5.41, 5.74) is 0. The van der Waals surface area contributed by atoms with E-state index in [-0.39, 0.29) is 25.3 Å². The number of hydrogen-bond donors (Lipinski definition) is 3. The zero-order chi connectivity index (χ0) is 10.6. The van der Waals surface area contributed by atoms with Crippen LogP contribution in [-0.2, 0) is 9.47 Å². The fourth-order valence-electron chi connectivity index (χ4n) is 1.29. The maximum atomic E-state index is 8.86. The topological polar surface area (TPSA) is 71.0 Å². The molecule has 1 saturated heterocycles. The van der Waals surface area contributed by atoms with Crippen molar-refractivity contribution in [3.8, 4) is 0 Å². The Morgan fingerprint density at radius 1 is 1.29 bits per heavy atom. The van der Waals surface area contributed by atoms with E-state index in [1.807, 2.05) is 13.8 Å². The van der Waals surface area contributed by atoms with Crippen LogP contribution in [0.3, 0.4) is 0 Å². The molecule has 0 aromatic heterocycles. The molecule has 0 bridgehead atoms. The fourth-order valence-corrected chi connectivity index (χ4v) is 1.29. The summed E-state index contributed by atoms with van der Waals surface area (Å²) < 4.78 is 10.8. The third-order valence-corrected chi connectivity index (χ3v) is 2.18. The molecule has 0 aromatic carbocycles.